The van der Waals surface area contributed by atoms with Gasteiger partial charge < -0.3 is 20.7 Å². The predicted octanol–water partition coefficient (Wildman–Crippen LogP) is 3.61. The first-order valence-electron chi connectivity index (χ1n) is 8.80. The molecule has 0 radical (unpaired) electrons. The molecular formula is C20H26N4O. The number of methoxy groups -OCH3 is 1. The Kier molecular flexibility index (Phi) is 5.77. The van der Waals surface area contributed by atoms with E-state index < -0.39 is 0 Å². The number of rotatable bonds is 5. The second-order valence-corrected chi connectivity index (χ2v) is 6.23. The van der Waals surface area contributed by atoms with Crippen LogP contribution in [0.3, 0.4) is 0 Å². The van der Waals surface area contributed by atoms with Crippen LogP contribution >= 0.6 is 0 Å². The number of hydrogen-bond acceptors (Lipinski definition) is 3. The lowest BCUT2D eigenvalue weighted by atomic mass is 10.1. The maximum atomic E-state index is 6.05. The van der Waals surface area contributed by atoms with E-state index in [1.165, 1.54) is 30.5 Å². The largest absolute Gasteiger partial charge is 0.497 e. The third-order valence-electron chi connectivity index (χ3n) is 4.47. The van der Waals surface area contributed by atoms with E-state index in [1.807, 2.05) is 24.3 Å². The minimum absolute atomic E-state index is 0.415. The molecule has 0 atom stereocenters. The molecule has 2 aromatic rings. The molecule has 5 nitrogen and oxygen atoms in total. The van der Waals surface area contributed by atoms with Crippen LogP contribution in [0, 0.1) is 0 Å². The molecule has 0 unspecified atom stereocenters. The normalized spacial score (nSPS) is 15.1. The molecule has 0 aliphatic carbocycles. The molecule has 3 rings (SSSR count). The van der Waals surface area contributed by atoms with Crippen LogP contribution in [0.4, 0.5) is 11.4 Å². The molecule has 0 spiro atoms. The number of para-hydroxylation sites is 1. The molecule has 25 heavy (non-hydrogen) atoms. The van der Waals surface area contributed by atoms with Crippen molar-refractivity contribution in [3.05, 3.63) is 54.1 Å². The molecule has 1 fully saturated rings. The quantitative estimate of drug-likeness (QED) is 0.646. The van der Waals surface area contributed by atoms with E-state index in [1.54, 1.807) is 7.11 Å². The molecule has 1 heterocycles. The van der Waals surface area contributed by atoms with Crippen molar-refractivity contribution < 1.29 is 4.74 Å². The number of anilines is 2. The smallest absolute Gasteiger partial charge is 0.193 e. The third-order valence-corrected chi connectivity index (χ3v) is 4.47. The van der Waals surface area contributed by atoms with Gasteiger partial charge in [-0.2, -0.15) is 0 Å². The standard InChI is InChI=1S/C20H26N4O/c1-25-18-11-9-17(10-12-18)23-20(21)22-15-16-7-3-4-8-19(16)24-13-5-2-6-14-24/h3-4,7-12H,2,5-6,13-15H2,1H3,(H3,21,22,23). The molecular weight excluding hydrogens is 312 g/mol. The Labute approximate surface area is 149 Å². The number of benzene rings is 2. The van der Waals surface area contributed by atoms with Gasteiger partial charge in [0, 0.05) is 24.5 Å². The summed E-state index contributed by atoms with van der Waals surface area (Å²) >= 11 is 0. The summed E-state index contributed by atoms with van der Waals surface area (Å²) in [6.07, 6.45) is 3.85. The number of aliphatic imine (C=N–C) groups is 1. The molecule has 1 aliphatic rings. The number of nitrogens with one attached hydrogen (secondary N) is 1. The minimum Gasteiger partial charge on any atom is -0.497 e. The fourth-order valence-electron chi connectivity index (χ4n) is 3.12. The van der Waals surface area contributed by atoms with Crippen LogP contribution in [0.5, 0.6) is 5.75 Å². The second kappa shape index (κ2) is 8.42. The van der Waals surface area contributed by atoms with E-state index in [9.17, 15) is 0 Å². The van der Waals surface area contributed by atoms with E-state index in [2.05, 4.69) is 39.5 Å². The van der Waals surface area contributed by atoms with E-state index in [4.69, 9.17) is 10.5 Å². The maximum absolute atomic E-state index is 6.05. The van der Waals surface area contributed by atoms with Gasteiger partial charge in [-0.05, 0) is 55.2 Å². The van der Waals surface area contributed by atoms with Crippen LogP contribution in [-0.2, 0) is 6.54 Å². The lowest BCUT2D eigenvalue weighted by molar-refractivity contribution is 0.415. The number of nitrogens with zero attached hydrogens (tertiary/aromatic N) is 2. The van der Waals surface area contributed by atoms with Gasteiger partial charge in [0.2, 0.25) is 0 Å². The van der Waals surface area contributed by atoms with Crippen LogP contribution in [0.2, 0.25) is 0 Å². The van der Waals surface area contributed by atoms with Gasteiger partial charge in [0.1, 0.15) is 5.75 Å². The molecule has 3 N–H and O–H groups in total. The van der Waals surface area contributed by atoms with Gasteiger partial charge in [0.25, 0.3) is 0 Å². The van der Waals surface area contributed by atoms with Gasteiger partial charge in [0.05, 0.1) is 13.7 Å². The monoisotopic (exact) mass is 338 g/mol. The Balaban J connectivity index is 1.66. The van der Waals surface area contributed by atoms with Crippen LogP contribution < -0.4 is 20.7 Å². The summed E-state index contributed by atoms with van der Waals surface area (Å²) in [5.41, 5.74) is 9.43. The first-order valence-corrected chi connectivity index (χ1v) is 8.80. The number of hydrogen-bond donors (Lipinski definition) is 2. The highest BCUT2D eigenvalue weighted by Crippen LogP contribution is 2.24. The van der Waals surface area contributed by atoms with Gasteiger partial charge in [-0.3, -0.25) is 0 Å². The molecule has 2 aromatic carbocycles. The summed E-state index contributed by atoms with van der Waals surface area (Å²) in [4.78, 5) is 6.97. The Morgan fingerprint density at radius 1 is 1.08 bits per heavy atom. The zero-order chi connectivity index (χ0) is 17.5. The Hall–Kier alpha value is -2.69. The van der Waals surface area contributed by atoms with Crippen molar-refractivity contribution >= 4 is 17.3 Å². The SMILES string of the molecule is COc1ccc(NC(N)=NCc2ccccc2N2CCCCC2)cc1. The van der Waals surface area contributed by atoms with Crippen LogP contribution in [0.1, 0.15) is 24.8 Å². The molecule has 5 heteroatoms. The van der Waals surface area contributed by atoms with Crippen molar-refractivity contribution in [3.63, 3.8) is 0 Å². The van der Waals surface area contributed by atoms with Gasteiger partial charge in [-0.25, -0.2) is 4.99 Å². The maximum Gasteiger partial charge on any atom is 0.193 e. The molecule has 132 valence electrons. The van der Waals surface area contributed by atoms with Crippen molar-refractivity contribution in [2.24, 2.45) is 10.7 Å². The zero-order valence-electron chi connectivity index (χ0n) is 14.7. The van der Waals surface area contributed by atoms with Crippen molar-refractivity contribution in [1.82, 2.24) is 0 Å². The summed E-state index contributed by atoms with van der Waals surface area (Å²) < 4.78 is 5.16. The highest BCUT2D eigenvalue weighted by molar-refractivity contribution is 5.92. The van der Waals surface area contributed by atoms with Crippen LogP contribution in [0.15, 0.2) is 53.5 Å². The van der Waals surface area contributed by atoms with Crippen molar-refractivity contribution in [3.8, 4) is 5.75 Å². The Bertz CT molecular complexity index is 706. The second-order valence-electron chi connectivity index (χ2n) is 6.23. The van der Waals surface area contributed by atoms with Gasteiger partial charge >= 0.3 is 0 Å². The highest BCUT2D eigenvalue weighted by atomic mass is 16.5. The van der Waals surface area contributed by atoms with Gasteiger partial charge in [0.15, 0.2) is 5.96 Å². The summed E-state index contributed by atoms with van der Waals surface area (Å²) in [7, 11) is 1.65. The first-order chi connectivity index (χ1) is 12.3. The summed E-state index contributed by atoms with van der Waals surface area (Å²) in [5.74, 6) is 1.23. The Morgan fingerprint density at radius 2 is 1.80 bits per heavy atom. The Morgan fingerprint density at radius 3 is 2.52 bits per heavy atom. The van der Waals surface area contributed by atoms with E-state index >= 15 is 0 Å². The van der Waals surface area contributed by atoms with Crippen LogP contribution in [-0.4, -0.2) is 26.2 Å². The molecule has 0 saturated carbocycles. The molecule has 0 bridgehead atoms. The number of guanidine groups is 1. The summed E-state index contributed by atoms with van der Waals surface area (Å²) in [6, 6.07) is 16.1. The van der Waals surface area contributed by atoms with Crippen molar-refractivity contribution in [2.75, 3.05) is 30.4 Å². The molecule has 0 aromatic heterocycles. The zero-order valence-corrected chi connectivity index (χ0v) is 14.7. The number of piperidine rings is 1. The number of nitrogens with two attached hydrogens (primary N) is 1. The number of ether oxygens (including phenoxy) is 1. The molecule has 1 aliphatic heterocycles. The third kappa shape index (κ3) is 4.66. The van der Waals surface area contributed by atoms with Gasteiger partial charge in [-0.1, -0.05) is 18.2 Å². The summed E-state index contributed by atoms with van der Waals surface area (Å²) in [6.45, 7) is 2.82. The lowest BCUT2D eigenvalue weighted by Crippen LogP contribution is -2.30. The van der Waals surface area contributed by atoms with Gasteiger partial charge in [-0.15, -0.1) is 0 Å². The van der Waals surface area contributed by atoms with Crippen molar-refractivity contribution in [1.29, 1.82) is 0 Å². The summed E-state index contributed by atoms with van der Waals surface area (Å²) in [5, 5.41) is 3.12. The first kappa shape index (κ1) is 17.1. The van der Waals surface area contributed by atoms with E-state index in [-0.39, 0.29) is 0 Å². The average molecular weight is 338 g/mol. The topological polar surface area (TPSA) is 62.9 Å². The van der Waals surface area contributed by atoms with Crippen molar-refractivity contribution in [2.45, 2.75) is 25.8 Å². The van der Waals surface area contributed by atoms with E-state index in [0.29, 0.717) is 12.5 Å². The van der Waals surface area contributed by atoms with E-state index in [0.717, 1.165) is 24.5 Å². The fourth-order valence-corrected chi connectivity index (χ4v) is 3.12. The minimum atomic E-state index is 0.415. The highest BCUT2D eigenvalue weighted by Gasteiger charge is 2.13. The lowest BCUT2D eigenvalue weighted by Gasteiger charge is -2.30. The average Bonchev–Trinajstić information content (AvgIpc) is 2.68. The molecule has 1 saturated heterocycles. The van der Waals surface area contributed by atoms with Crippen LogP contribution in [0.25, 0.3) is 0 Å². The fraction of sp³-hybridized carbons (Fsp3) is 0.350. The predicted molar refractivity (Wildman–Crippen MR) is 104 cm³/mol. The molecule has 0 amide bonds.